The van der Waals surface area contributed by atoms with Crippen LogP contribution < -0.4 is 10.0 Å². The van der Waals surface area contributed by atoms with Gasteiger partial charge in [-0.2, -0.15) is 0 Å². The second-order valence-electron chi connectivity index (χ2n) is 2.85. The molecule has 1 fully saturated rings. The van der Waals surface area contributed by atoms with Crippen molar-refractivity contribution >= 4 is 10.0 Å². The summed E-state index contributed by atoms with van der Waals surface area (Å²) in [5.41, 5.74) is 0. The molecule has 0 radical (unpaired) electrons. The standard InChI is InChI=1S/C7H14N2O2S/c1-2-12(10,11)9-6-7-4-3-5-8-7/h2,7-9H,1,3-6H2. The molecule has 1 atom stereocenters. The SMILES string of the molecule is C=CS(=O)(=O)NCC1CCCN1. The zero-order valence-corrected chi connectivity index (χ0v) is 7.73. The topological polar surface area (TPSA) is 58.2 Å². The lowest BCUT2D eigenvalue weighted by molar-refractivity contribution is 0.558. The molecule has 1 saturated heterocycles. The lowest BCUT2D eigenvalue weighted by atomic mass is 10.2. The van der Waals surface area contributed by atoms with E-state index in [9.17, 15) is 8.42 Å². The fourth-order valence-corrected chi connectivity index (χ4v) is 1.76. The minimum Gasteiger partial charge on any atom is -0.313 e. The van der Waals surface area contributed by atoms with Crippen molar-refractivity contribution in [3.63, 3.8) is 0 Å². The summed E-state index contributed by atoms with van der Waals surface area (Å²) in [6, 6.07) is 0.291. The molecule has 0 aromatic heterocycles. The number of hydrogen-bond acceptors (Lipinski definition) is 3. The van der Waals surface area contributed by atoms with Gasteiger partial charge in [0, 0.05) is 18.0 Å². The van der Waals surface area contributed by atoms with Crippen molar-refractivity contribution in [2.45, 2.75) is 18.9 Å². The fraction of sp³-hybridized carbons (Fsp3) is 0.714. The third-order valence-corrected chi connectivity index (χ3v) is 2.92. The first kappa shape index (κ1) is 9.70. The minimum absolute atomic E-state index is 0.291. The lowest BCUT2D eigenvalue weighted by Gasteiger charge is -2.09. The third kappa shape index (κ3) is 2.92. The zero-order valence-electron chi connectivity index (χ0n) is 6.91. The van der Waals surface area contributed by atoms with Crippen molar-refractivity contribution in [3.8, 4) is 0 Å². The summed E-state index contributed by atoms with van der Waals surface area (Å²) in [6.45, 7) is 4.66. The summed E-state index contributed by atoms with van der Waals surface area (Å²) in [6.07, 6.45) is 2.17. The van der Waals surface area contributed by atoms with Gasteiger partial charge in [0.1, 0.15) is 0 Å². The van der Waals surface area contributed by atoms with Crippen molar-refractivity contribution in [1.82, 2.24) is 10.0 Å². The predicted molar refractivity (Wildman–Crippen MR) is 48.1 cm³/mol. The Labute approximate surface area is 73.1 Å². The Kier molecular flexibility index (Phi) is 3.25. The van der Waals surface area contributed by atoms with E-state index >= 15 is 0 Å². The van der Waals surface area contributed by atoms with Gasteiger partial charge in [-0.25, -0.2) is 13.1 Å². The maximum absolute atomic E-state index is 10.9. The quantitative estimate of drug-likeness (QED) is 0.645. The molecule has 0 spiro atoms. The molecule has 1 heterocycles. The van der Waals surface area contributed by atoms with Crippen molar-refractivity contribution < 1.29 is 8.42 Å². The largest absolute Gasteiger partial charge is 0.313 e. The molecule has 1 aliphatic rings. The van der Waals surface area contributed by atoms with E-state index in [1.54, 1.807) is 0 Å². The average molecular weight is 190 g/mol. The number of sulfonamides is 1. The number of rotatable bonds is 4. The van der Waals surface area contributed by atoms with Gasteiger partial charge in [-0.1, -0.05) is 6.58 Å². The van der Waals surface area contributed by atoms with Crippen LogP contribution in [0.5, 0.6) is 0 Å². The van der Waals surface area contributed by atoms with Crippen molar-refractivity contribution in [1.29, 1.82) is 0 Å². The molecule has 1 aliphatic heterocycles. The van der Waals surface area contributed by atoms with Crippen LogP contribution in [0.1, 0.15) is 12.8 Å². The first-order valence-corrected chi connectivity index (χ1v) is 5.54. The molecule has 2 N–H and O–H groups in total. The van der Waals surface area contributed by atoms with Gasteiger partial charge >= 0.3 is 0 Å². The molecule has 1 unspecified atom stereocenters. The van der Waals surface area contributed by atoms with Crippen LogP contribution in [0.3, 0.4) is 0 Å². The summed E-state index contributed by atoms with van der Waals surface area (Å²) in [7, 11) is -3.23. The third-order valence-electron chi connectivity index (χ3n) is 1.91. The van der Waals surface area contributed by atoms with E-state index in [-0.39, 0.29) is 0 Å². The van der Waals surface area contributed by atoms with Crippen molar-refractivity contribution in [2.24, 2.45) is 0 Å². The first-order chi connectivity index (χ1) is 5.64. The molecule has 0 saturated carbocycles. The van der Waals surface area contributed by atoms with Crippen molar-refractivity contribution in [2.75, 3.05) is 13.1 Å². The highest BCUT2D eigenvalue weighted by molar-refractivity contribution is 7.92. The molecule has 0 aromatic carbocycles. The summed E-state index contributed by atoms with van der Waals surface area (Å²) in [4.78, 5) is 0. The molecule has 70 valence electrons. The Morgan fingerprint density at radius 2 is 2.42 bits per heavy atom. The minimum atomic E-state index is -3.23. The van der Waals surface area contributed by atoms with Gasteiger partial charge in [0.05, 0.1) is 0 Å². The van der Waals surface area contributed by atoms with Gasteiger partial charge in [0.2, 0.25) is 10.0 Å². The van der Waals surface area contributed by atoms with Gasteiger partial charge < -0.3 is 5.32 Å². The Bertz CT molecular complexity index is 242. The fourth-order valence-electron chi connectivity index (χ4n) is 1.21. The second-order valence-corrected chi connectivity index (χ2v) is 4.57. The van der Waals surface area contributed by atoms with E-state index in [4.69, 9.17) is 0 Å². The van der Waals surface area contributed by atoms with Crippen LogP contribution >= 0.6 is 0 Å². The van der Waals surface area contributed by atoms with Gasteiger partial charge in [-0.15, -0.1) is 0 Å². The van der Waals surface area contributed by atoms with Crippen LogP contribution in [0.2, 0.25) is 0 Å². The molecule has 4 nitrogen and oxygen atoms in total. The molecule has 5 heteroatoms. The number of nitrogens with one attached hydrogen (secondary N) is 2. The maximum Gasteiger partial charge on any atom is 0.233 e. The van der Waals surface area contributed by atoms with E-state index in [1.807, 2.05) is 0 Å². The monoisotopic (exact) mass is 190 g/mol. The van der Waals surface area contributed by atoms with E-state index < -0.39 is 10.0 Å². The molecule has 0 aliphatic carbocycles. The van der Waals surface area contributed by atoms with Crippen LogP contribution in [0, 0.1) is 0 Å². The highest BCUT2D eigenvalue weighted by Crippen LogP contribution is 2.03. The van der Waals surface area contributed by atoms with Gasteiger partial charge in [0.15, 0.2) is 0 Å². The summed E-state index contributed by atoms with van der Waals surface area (Å²) in [5.74, 6) is 0. The average Bonchev–Trinajstić information content (AvgIpc) is 2.53. The van der Waals surface area contributed by atoms with Gasteiger partial charge in [0.25, 0.3) is 0 Å². The van der Waals surface area contributed by atoms with Crippen molar-refractivity contribution in [3.05, 3.63) is 12.0 Å². The summed E-state index contributed by atoms with van der Waals surface area (Å²) in [5, 5.41) is 4.12. The van der Waals surface area contributed by atoms with Crippen LogP contribution in [0.15, 0.2) is 12.0 Å². The second kappa shape index (κ2) is 4.02. The molecule has 12 heavy (non-hydrogen) atoms. The zero-order chi connectivity index (χ0) is 9.03. The van der Waals surface area contributed by atoms with Gasteiger partial charge in [-0.3, -0.25) is 0 Å². The Hall–Kier alpha value is -0.390. The van der Waals surface area contributed by atoms with E-state index in [2.05, 4.69) is 16.6 Å². The van der Waals surface area contributed by atoms with Crippen LogP contribution in [-0.4, -0.2) is 27.5 Å². The normalized spacial score (nSPS) is 24.2. The summed E-state index contributed by atoms with van der Waals surface area (Å²) >= 11 is 0. The Morgan fingerprint density at radius 1 is 1.67 bits per heavy atom. The predicted octanol–water partition coefficient (Wildman–Crippen LogP) is -0.199. The molecule has 0 bridgehead atoms. The van der Waals surface area contributed by atoms with E-state index in [1.165, 1.54) is 0 Å². The smallest absolute Gasteiger partial charge is 0.233 e. The maximum atomic E-state index is 10.9. The van der Waals surface area contributed by atoms with E-state index in [0.29, 0.717) is 12.6 Å². The van der Waals surface area contributed by atoms with Crippen LogP contribution in [0.4, 0.5) is 0 Å². The molecule has 0 aromatic rings. The van der Waals surface area contributed by atoms with Crippen LogP contribution in [0.25, 0.3) is 0 Å². The molecule has 1 rings (SSSR count). The number of hydrogen-bond donors (Lipinski definition) is 2. The highest BCUT2D eigenvalue weighted by Gasteiger charge is 2.15. The Morgan fingerprint density at radius 3 is 2.92 bits per heavy atom. The van der Waals surface area contributed by atoms with E-state index in [0.717, 1.165) is 24.8 Å². The molecular formula is C7H14N2O2S. The van der Waals surface area contributed by atoms with Crippen LogP contribution in [-0.2, 0) is 10.0 Å². The first-order valence-electron chi connectivity index (χ1n) is 3.99. The van der Waals surface area contributed by atoms with Gasteiger partial charge in [-0.05, 0) is 19.4 Å². The Balaban J connectivity index is 2.29. The lowest BCUT2D eigenvalue weighted by Crippen LogP contribution is -2.36. The summed E-state index contributed by atoms with van der Waals surface area (Å²) < 4.78 is 24.2. The molecular weight excluding hydrogens is 176 g/mol. The highest BCUT2D eigenvalue weighted by atomic mass is 32.2. The molecule has 0 amide bonds.